The summed E-state index contributed by atoms with van der Waals surface area (Å²) < 4.78 is 35.5. The Kier molecular flexibility index (Phi) is 3.46. The summed E-state index contributed by atoms with van der Waals surface area (Å²) >= 11 is 0. The quantitative estimate of drug-likeness (QED) is 0.726. The van der Waals surface area contributed by atoms with Crippen molar-refractivity contribution in [2.24, 2.45) is 0 Å². The fourth-order valence-electron chi connectivity index (χ4n) is 0.978. The van der Waals surface area contributed by atoms with Crippen LogP contribution < -0.4 is 0 Å². The average molecular weight is 225 g/mol. The lowest BCUT2D eigenvalue weighted by Crippen LogP contribution is -2.19. The predicted octanol–water partition coefficient (Wildman–Crippen LogP) is 2.70. The summed E-state index contributed by atoms with van der Waals surface area (Å²) in [5.41, 5.74) is 0.693. The highest BCUT2D eigenvalue weighted by Gasteiger charge is 2.35. The molecule has 0 saturated carbocycles. The van der Waals surface area contributed by atoms with Crippen LogP contribution >= 0.6 is 0 Å². The van der Waals surface area contributed by atoms with Gasteiger partial charge in [0.05, 0.1) is 11.6 Å². The summed E-state index contributed by atoms with van der Waals surface area (Å²) in [5, 5.41) is 8.55. The van der Waals surface area contributed by atoms with Gasteiger partial charge in [-0.25, -0.2) is 0 Å². The van der Waals surface area contributed by atoms with E-state index in [4.69, 9.17) is 5.26 Å². The summed E-state index contributed by atoms with van der Waals surface area (Å²) in [6.07, 6.45) is -3.39. The largest absolute Gasteiger partial charge is 0.454 e. The number of nitriles is 1. The first-order chi connectivity index (χ1) is 7.43. The number of hydrogen-bond acceptors (Lipinski definition) is 2. The normalized spacial score (nSPS) is 11.4. The zero-order valence-electron chi connectivity index (χ0n) is 7.95. The number of ketones is 1. The molecule has 0 radical (unpaired) electrons. The van der Waals surface area contributed by atoms with E-state index in [1.54, 1.807) is 0 Å². The topological polar surface area (TPSA) is 40.9 Å². The van der Waals surface area contributed by atoms with Crippen LogP contribution in [0.3, 0.4) is 0 Å². The molecule has 0 unspecified atom stereocenters. The van der Waals surface area contributed by atoms with Gasteiger partial charge in [-0.05, 0) is 23.8 Å². The maximum Gasteiger partial charge on any atom is 0.454 e. The van der Waals surface area contributed by atoms with Gasteiger partial charge in [0.1, 0.15) is 0 Å². The van der Waals surface area contributed by atoms with Crippen LogP contribution in [0.1, 0.15) is 11.1 Å². The molecule has 0 bridgehead atoms. The molecule has 0 aromatic heterocycles. The summed E-state index contributed by atoms with van der Waals surface area (Å²) in [6.45, 7) is 0. The SMILES string of the molecule is N#Cc1cccc(/C=C/C(=O)C(F)(F)F)c1. The molecule has 0 aliphatic rings. The van der Waals surface area contributed by atoms with Crippen LogP contribution in [0.4, 0.5) is 13.2 Å². The Morgan fingerprint density at radius 2 is 2.06 bits per heavy atom. The van der Waals surface area contributed by atoms with E-state index in [1.165, 1.54) is 24.3 Å². The van der Waals surface area contributed by atoms with E-state index < -0.39 is 12.0 Å². The number of carbonyl (C=O) groups excluding carboxylic acids is 1. The number of rotatable bonds is 2. The fourth-order valence-corrected chi connectivity index (χ4v) is 0.978. The zero-order chi connectivity index (χ0) is 12.2. The molecule has 82 valence electrons. The lowest BCUT2D eigenvalue weighted by Gasteiger charge is -1.99. The number of benzene rings is 1. The van der Waals surface area contributed by atoms with Crippen LogP contribution in [-0.4, -0.2) is 12.0 Å². The van der Waals surface area contributed by atoms with Gasteiger partial charge in [-0.2, -0.15) is 18.4 Å². The molecule has 0 amide bonds. The number of halogens is 3. The van der Waals surface area contributed by atoms with Crippen molar-refractivity contribution in [1.29, 1.82) is 5.26 Å². The van der Waals surface area contributed by atoms with Gasteiger partial charge < -0.3 is 0 Å². The summed E-state index contributed by atoms with van der Waals surface area (Å²) in [6, 6.07) is 7.78. The lowest BCUT2D eigenvalue weighted by atomic mass is 10.1. The Hall–Kier alpha value is -2.09. The van der Waals surface area contributed by atoms with E-state index in [0.717, 1.165) is 6.08 Å². The van der Waals surface area contributed by atoms with E-state index in [9.17, 15) is 18.0 Å². The molecule has 0 aliphatic heterocycles. The standard InChI is InChI=1S/C11H6F3NO/c12-11(13,14)10(16)5-4-8-2-1-3-9(6-8)7-15/h1-6H/b5-4+. The maximum atomic E-state index is 11.8. The fraction of sp³-hybridized carbons (Fsp3) is 0.0909. The van der Waals surface area contributed by atoms with E-state index in [0.29, 0.717) is 17.2 Å². The van der Waals surface area contributed by atoms with Crippen LogP contribution in [0.2, 0.25) is 0 Å². The minimum Gasteiger partial charge on any atom is -0.285 e. The predicted molar refractivity (Wildman–Crippen MR) is 51.3 cm³/mol. The smallest absolute Gasteiger partial charge is 0.285 e. The van der Waals surface area contributed by atoms with Gasteiger partial charge in [0.2, 0.25) is 0 Å². The number of hydrogen-bond donors (Lipinski definition) is 0. The summed E-state index contributed by atoms with van der Waals surface area (Å²) in [5.74, 6) is -1.92. The second kappa shape index (κ2) is 4.62. The van der Waals surface area contributed by atoms with Gasteiger partial charge in [0, 0.05) is 0 Å². The van der Waals surface area contributed by atoms with Crippen molar-refractivity contribution < 1.29 is 18.0 Å². The van der Waals surface area contributed by atoms with Gasteiger partial charge >= 0.3 is 6.18 Å². The van der Waals surface area contributed by atoms with Crippen molar-refractivity contribution in [3.8, 4) is 6.07 Å². The Balaban J connectivity index is 2.85. The highest BCUT2D eigenvalue weighted by atomic mass is 19.4. The van der Waals surface area contributed by atoms with Gasteiger partial charge in [-0.15, -0.1) is 0 Å². The molecular formula is C11H6F3NO. The molecule has 0 saturated heterocycles. The van der Waals surface area contributed by atoms with Gasteiger partial charge in [0.25, 0.3) is 5.78 Å². The van der Waals surface area contributed by atoms with Crippen LogP contribution in [0, 0.1) is 11.3 Å². The second-order valence-corrected chi connectivity index (χ2v) is 2.93. The number of alkyl halides is 3. The zero-order valence-corrected chi connectivity index (χ0v) is 7.95. The number of nitrogens with zero attached hydrogens (tertiary/aromatic N) is 1. The third-order valence-electron chi connectivity index (χ3n) is 1.72. The van der Waals surface area contributed by atoms with Crippen molar-refractivity contribution in [2.75, 3.05) is 0 Å². The van der Waals surface area contributed by atoms with Crippen molar-refractivity contribution in [2.45, 2.75) is 6.18 Å². The number of allylic oxidation sites excluding steroid dienone is 1. The molecule has 0 fully saturated rings. The first-order valence-corrected chi connectivity index (χ1v) is 4.23. The van der Waals surface area contributed by atoms with Gasteiger partial charge in [-0.3, -0.25) is 4.79 Å². The minimum atomic E-state index is -4.86. The second-order valence-electron chi connectivity index (χ2n) is 2.93. The van der Waals surface area contributed by atoms with Crippen LogP contribution in [0.25, 0.3) is 6.08 Å². The van der Waals surface area contributed by atoms with E-state index >= 15 is 0 Å². The lowest BCUT2D eigenvalue weighted by molar-refractivity contribution is -0.165. The van der Waals surface area contributed by atoms with Crippen LogP contribution in [-0.2, 0) is 4.79 Å². The van der Waals surface area contributed by atoms with Crippen molar-refractivity contribution in [1.82, 2.24) is 0 Å². The first-order valence-electron chi connectivity index (χ1n) is 4.23. The van der Waals surface area contributed by atoms with Crippen molar-refractivity contribution >= 4 is 11.9 Å². The molecule has 0 aliphatic carbocycles. The molecule has 0 heterocycles. The molecule has 0 N–H and O–H groups in total. The van der Waals surface area contributed by atoms with E-state index in [-0.39, 0.29) is 0 Å². The minimum absolute atomic E-state index is 0.321. The van der Waals surface area contributed by atoms with E-state index in [2.05, 4.69) is 0 Å². The third-order valence-corrected chi connectivity index (χ3v) is 1.72. The molecule has 5 heteroatoms. The Labute approximate surface area is 89.6 Å². The number of carbonyl (C=O) groups is 1. The summed E-state index contributed by atoms with van der Waals surface area (Å²) in [7, 11) is 0. The Morgan fingerprint density at radius 3 is 2.62 bits per heavy atom. The van der Waals surface area contributed by atoms with Crippen molar-refractivity contribution in [3.05, 3.63) is 41.5 Å². The molecule has 1 rings (SSSR count). The molecule has 0 spiro atoms. The highest BCUT2D eigenvalue weighted by Crippen LogP contribution is 2.17. The van der Waals surface area contributed by atoms with Crippen molar-refractivity contribution in [3.63, 3.8) is 0 Å². The van der Waals surface area contributed by atoms with E-state index in [1.807, 2.05) is 6.07 Å². The molecule has 2 nitrogen and oxygen atoms in total. The monoisotopic (exact) mass is 225 g/mol. The molecule has 16 heavy (non-hydrogen) atoms. The Bertz CT molecular complexity index is 469. The molecule has 1 aromatic rings. The molecule has 0 atom stereocenters. The van der Waals surface area contributed by atoms with Gasteiger partial charge in [-0.1, -0.05) is 18.2 Å². The summed E-state index contributed by atoms with van der Waals surface area (Å²) in [4.78, 5) is 10.5. The highest BCUT2D eigenvalue weighted by molar-refractivity contribution is 5.97. The molecular weight excluding hydrogens is 219 g/mol. The van der Waals surface area contributed by atoms with Crippen LogP contribution in [0.5, 0.6) is 0 Å². The molecule has 1 aromatic carbocycles. The third kappa shape index (κ3) is 3.24. The average Bonchev–Trinajstić information content (AvgIpc) is 2.25. The van der Waals surface area contributed by atoms with Crippen LogP contribution in [0.15, 0.2) is 30.3 Å². The maximum absolute atomic E-state index is 11.8. The first kappa shape index (κ1) is 12.0. The van der Waals surface area contributed by atoms with Gasteiger partial charge in [0.15, 0.2) is 0 Å². The Morgan fingerprint density at radius 1 is 1.38 bits per heavy atom.